The number of rotatable bonds is 4. The minimum atomic E-state index is -0.332. The van der Waals surface area contributed by atoms with Crippen molar-refractivity contribution in [3.05, 3.63) is 0 Å². The van der Waals surface area contributed by atoms with Gasteiger partial charge in [0.1, 0.15) is 0 Å². The highest BCUT2D eigenvalue weighted by molar-refractivity contribution is 7.21. The zero-order valence-electron chi connectivity index (χ0n) is 4.53. The molecule has 1 atom stereocenters. The van der Waals surface area contributed by atoms with E-state index in [-0.39, 0.29) is 8.61 Å². The van der Waals surface area contributed by atoms with Crippen LogP contribution in [0.3, 0.4) is 0 Å². The molecular weight excluding hydrogens is 109 g/mol. The van der Waals surface area contributed by atoms with Gasteiger partial charge in [-0.2, -0.15) is 0 Å². The molecule has 0 aliphatic rings. The molecule has 1 N–H and O–H groups in total. The molecule has 0 bridgehead atoms. The van der Waals surface area contributed by atoms with Crippen LogP contribution in [0.1, 0.15) is 19.8 Å². The molecule has 2 nitrogen and oxygen atoms in total. The normalized spacial score (nSPS) is 9.86. The van der Waals surface area contributed by atoms with Crippen molar-refractivity contribution in [2.24, 2.45) is 0 Å². The average molecular weight is 120 g/mol. The summed E-state index contributed by atoms with van der Waals surface area (Å²) in [5.74, 6) is 0. The van der Waals surface area contributed by atoms with Gasteiger partial charge in [-0.05, 0) is 6.42 Å². The lowest BCUT2D eigenvalue weighted by molar-refractivity contribution is 0.589. The van der Waals surface area contributed by atoms with Gasteiger partial charge in [-0.1, -0.05) is 17.9 Å². The zero-order chi connectivity index (χ0) is 5.54. The highest BCUT2D eigenvalue weighted by atomic mass is 31.1. The van der Waals surface area contributed by atoms with Crippen LogP contribution >= 0.6 is 8.61 Å². The number of nitrogens with one attached hydrogen (secondary N) is 1. The maximum absolute atomic E-state index is 9.72. The summed E-state index contributed by atoms with van der Waals surface area (Å²) in [7, 11) is -0.332. The van der Waals surface area contributed by atoms with Crippen LogP contribution in [-0.4, -0.2) is 6.54 Å². The van der Waals surface area contributed by atoms with E-state index >= 15 is 0 Å². The van der Waals surface area contributed by atoms with Crippen LogP contribution < -0.4 is 5.09 Å². The van der Waals surface area contributed by atoms with Crippen LogP contribution in [0, 0.1) is 0 Å². The summed E-state index contributed by atoms with van der Waals surface area (Å²) in [6.45, 7) is 2.99. The summed E-state index contributed by atoms with van der Waals surface area (Å²) >= 11 is 0. The monoisotopic (exact) mass is 120 g/mol. The summed E-state index contributed by atoms with van der Waals surface area (Å²) in [5, 5.41) is 2.72. The molecule has 7 heavy (non-hydrogen) atoms. The molecule has 0 fully saturated rings. The quantitative estimate of drug-likeness (QED) is 0.447. The van der Waals surface area contributed by atoms with Gasteiger partial charge < -0.3 is 0 Å². The van der Waals surface area contributed by atoms with E-state index in [9.17, 15) is 4.57 Å². The standard InChI is InChI=1S/C4H10NOP/c1-2-3-4-5-7-6/h2-4H2,1H3,(H,5,6)/p+1. The van der Waals surface area contributed by atoms with Crippen molar-refractivity contribution in [2.75, 3.05) is 6.54 Å². The smallest absolute Gasteiger partial charge is 0.111 e. The Balaban J connectivity index is 2.56. The molecule has 0 rings (SSSR count). The van der Waals surface area contributed by atoms with E-state index in [2.05, 4.69) is 12.0 Å². The lowest BCUT2D eigenvalue weighted by atomic mass is 10.3. The van der Waals surface area contributed by atoms with Gasteiger partial charge in [-0.25, -0.2) is 0 Å². The molecule has 3 heteroatoms. The fourth-order valence-electron chi connectivity index (χ4n) is 0.316. The molecule has 0 amide bonds. The van der Waals surface area contributed by atoms with E-state index in [0.29, 0.717) is 0 Å². The summed E-state index contributed by atoms with van der Waals surface area (Å²) < 4.78 is 9.72. The Morgan fingerprint density at radius 1 is 1.71 bits per heavy atom. The second-order valence-electron chi connectivity index (χ2n) is 1.38. The van der Waals surface area contributed by atoms with Gasteiger partial charge in [0.25, 0.3) is 0 Å². The van der Waals surface area contributed by atoms with Gasteiger partial charge in [-0.15, -0.1) is 5.09 Å². The van der Waals surface area contributed by atoms with E-state index in [1.807, 2.05) is 0 Å². The molecule has 0 saturated carbocycles. The Morgan fingerprint density at radius 3 is 2.86 bits per heavy atom. The van der Waals surface area contributed by atoms with E-state index < -0.39 is 0 Å². The Bertz CT molecular complexity index is 49.0. The Labute approximate surface area is 45.6 Å². The first kappa shape index (κ1) is 7.06. The van der Waals surface area contributed by atoms with Gasteiger partial charge in [0.2, 0.25) is 0 Å². The van der Waals surface area contributed by atoms with E-state index in [1.165, 1.54) is 0 Å². The molecule has 0 spiro atoms. The van der Waals surface area contributed by atoms with Crippen LogP contribution in [0.5, 0.6) is 0 Å². The van der Waals surface area contributed by atoms with Crippen molar-refractivity contribution in [2.45, 2.75) is 19.8 Å². The van der Waals surface area contributed by atoms with Crippen LogP contribution in [-0.2, 0) is 4.57 Å². The largest absolute Gasteiger partial charge is 0.418 e. The third-order valence-corrected chi connectivity index (χ3v) is 1.12. The number of unbranched alkanes of at least 4 members (excludes halogenated alkanes) is 1. The first-order valence-electron chi connectivity index (χ1n) is 2.51. The first-order valence-corrected chi connectivity index (χ1v) is 3.42. The highest BCUT2D eigenvalue weighted by Gasteiger charge is 1.84. The Kier molecular flexibility index (Phi) is 6.11. The Hall–Kier alpha value is 0.0600. The maximum atomic E-state index is 9.72. The first-order chi connectivity index (χ1) is 3.41. The predicted octanol–water partition coefficient (Wildman–Crippen LogP) is 1.32. The number of hydrogen-bond acceptors (Lipinski definition) is 1. The molecule has 0 aliphatic heterocycles. The highest BCUT2D eigenvalue weighted by Crippen LogP contribution is 1.86. The zero-order valence-corrected chi connectivity index (χ0v) is 5.53. The van der Waals surface area contributed by atoms with E-state index in [0.717, 1.165) is 19.4 Å². The third kappa shape index (κ3) is 6.06. The topological polar surface area (TPSA) is 29.1 Å². The number of hydrogen-bond donors (Lipinski definition) is 1. The van der Waals surface area contributed by atoms with Crippen LogP contribution in [0.2, 0.25) is 0 Å². The van der Waals surface area contributed by atoms with Crippen LogP contribution in [0.25, 0.3) is 0 Å². The van der Waals surface area contributed by atoms with Crippen molar-refractivity contribution < 1.29 is 4.57 Å². The molecule has 0 heterocycles. The molecule has 1 unspecified atom stereocenters. The van der Waals surface area contributed by atoms with Crippen molar-refractivity contribution in [3.8, 4) is 0 Å². The molecule has 0 aromatic carbocycles. The fraction of sp³-hybridized carbons (Fsp3) is 1.00. The average Bonchev–Trinajstić information content (AvgIpc) is 1.69. The van der Waals surface area contributed by atoms with Crippen LogP contribution in [0.15, 0.2) is 0 Å². The Morgan fingerprint density at radius 2 is 2.43 bits per heavy atom. The van der Waals surface area contributed by atoms with Gasteiger partial charge >= 0.3 is 8.61 Å². The van der Waals surface area contributed by atoms with Gasteiger partial charge in [0.05, 0.1) is 0 Å². The molecule has 0 aromatic rings. The molecule has 0 aromatic heterocycles. The van der Waals surface area contributed by atoms with Gasteiger partial charge in [-0.3, -0.25) is 0 Å². The molecule has 0 aliphatic carbocycles. The van der Waals surface area contributed by atoms with Crippen molar-refractivity contribution in [1.29, 1.82) is 0 Å². The minimum absolute atomic E-state index is 0.332. The van der Waals surface area contributed by atoms with Crippen molar-refractivity contribution >= 4 is 8.61 Å². The van der Waals surface area contributed by atoms with Crippen LogP contribution in [0.4, 0.5) is 0 Å². The van der Waals surface area contributed by atoms with E-state index in [1.54, 1.807) is 0 Å². The van der Waals surface area contributed by atoms with E-state index in [4.69, 9.17) is 0 Å². The summed E-state index contributed by atoms with van der Waals surface area (Å²) in [6.07, 6.45) is 2.28. The molecule has 42 valence electrons. The minimum Gasteiger partial charge on any atom is -0.111 e. The van der Waals surface area contributed by atoms with Gasteiger partial charge in [0, 0.05) is 6.54 Å². The molecule has 0 radical (unpaired) electrons. The summed E-state index contributed by atoms with van der Waals surface area (Å²) in [6, 6.07) is 0. The van der Waals surface area contributed by atoms with Crippen molar-refractivity contribution in [1.82, 2.24) is 5.09 Å². The SMILES string of the molecule is CCCCN[PH+]=O. The second-order valence-corrected chi connectivity index (χ2v) is 1.94. The lowest BCUT2D eigenvalue weighted by Gasteiger charge is -1.83. The summed E-state index contributed by atoms with van der Waals surface area (Å²) in [4.78, 5) is 0. The fourth-order valence-corrected chi connectivity index (χ4v) is 0.595. The van der Waals surface area contributed by atoms with Gasteiger partial charge in [0.15, 0.2) is 0 Å². The predicted molar refractivity (Wildman–Crippen MR) is 31.9 cm³/mol. The maximum Gasteiger partial charge on any atom is 0.418 e. The summed E-state index contributed by atoms with van der Waals surface area (Å²) in [5.41, 5.74) is 0. The lowest BCUT2D eigenvalue weighted by Crippen LogP contribution is -1.98. The second kappa shape index (κ2) is 6.06. The molecular formula is C4H11NOP+. The van der Waals surface area contributed by atoms with Crippen molar-refractivity contribution in [3.63, 3.8) is 0 Å². The molecule has 0 saturated heterocycles. The third-order valence-electron chi connectivity index (χ3n) is 0.727.